The minimum atomic E-state index is -4.10. The first-order valence-corrected chi connectivity index (χ1v) is 26.2. The largest absolute Gasteiger partial charge is 0.480 e. The lowest BCUT2D eigenvalue weighted by Crippen LogP contribution is -2.43. The molecule has 20 nitrogen and oxygen atoms in total. The number of carboxylic acids is 1. The number of para-hydroxylation sites is 1. The molecule has 0 radical (unpaired) electrons. The molecule has 5 rings (SSSR count). The van der Waals surface area contributed by atoms with E-state index in [1.165, 1.54) is 13.2 Å². The number of ether oxygens (including phenoxy) is 2. The van der Waals surface area contributed by atoms with E-state index in [1.807, 2.05) is 53.7 Å². The maximum Gasteiger partial charge on any atom is 0.339 e. The fraction of sp³-hybridized carbons (Fsp3) is 0.524. The number of nitrogens with one attached hydrogen (secondary N) is 3. The molecule has 0 bridgehead atoms. The van der Waals surface area contributed by atoms with Crippen LogP contribution in [0.2, 0.25) is 10.3 Å². The number of benzene rings is 2. The Morgan fingerprint density at radius 2 is 1.72 bits per heavy atom. The third kappa shape index (κ3) is 21.8. The van der Waals surface area contributed by atoms with Crippen LogP contribution in [0, 0.1) is 12.7 Å². The number of thioether (sulfide) groups is 1. The number of esters is 1. The number of nitrogens with zero attached hydrogens (tertiary/aromatic N) is 7. The summed E-state index contributed by atoms with van der Waals surface area (Å²) in [6.07, 6.45) is 2.18. The van der Waals surface area contributed by atoms with Gasteiger partial charge in [0.05, 0.1) is 49.1 Å². The molecule has 1 unspecified atom stereocenters. The van der Waals surface area contributed by atoms with Crippen molar-refractivity contribution in [3.63, 3.8) is 0 Å². The van der Waals surface area contributed by atoms with E-state index in [9.17, 15) is 28.1 Å². The smallest absolute Gasteiger partial charge is 0.339 e. The molecule has 1 amide bonds. The molecule has 69 heavy (non-hydrogen) atoms. The average Bonchev–Trinajstić information content (AvgIpc) is 3.58. The molecule has 4 aromatic rings. The molecule has 0 saturated heterocycles. The lowest BCUT2D eigenvalue weighted by molar-refractivity contribution is -0.137. The number of hydrogen-bond acceptors (Lipinski definition) is 16. The van der Waals surface area contributed by atoms with Crippen LogP contribution in [0.4, 0.5) is 27.7 Å². The van der Waals surface area contributed by atoms with Crippen molar-refractivity contribution in [1.82, 2.24) is 29.6 Å². The van der Waals surface area contributed by atoms with Gasteiger partial charge in [-0.3, -0.25) is 33.7 Å². The summed E-state index contributed by atoms with van der Waals surface area (Å²) in [6.45, 7) is 16.2. The van der Waals surface area contributed by atoms with Gasteiger partial charge >= 0.3 is 24.4 Å². The summed E-state index contributed by atoms with van der Waals surface area (Å²) < 4.78 is 37.5. The van der Waals surface area contributed by atoms with E-state index in [4.69, 9.17) is 54.4 Å². The Labute approximate surface area is 423 Å². The van der Waals surface area contributed by atoms with Crippen LogP contribution in [-0.4, -0.2) is 120 Å². The molecule has 6 N–H and O–H groups in total. The molecule has 2 aromatic heterocycles. The molecule has 1 aliphatic heterocycles. The van der Waals surface area contributed by atoms with Crippen molar-refractivity contribution >= 4 is 107 Å². The highest BCUT2D eigenvalue weighted by Crippen LogP contribution is 2.34. The van der Waals surface area contributed by atoms with Gasteiger partial charge in [-0.1, -0.05) is 36.7 Å². The fourth-order valence-corrected chi connectivity index (χ4v) is 8.72. The normalized spacial score (nSPS) is 12.7. The molecule has 384 valence electrons. The van der Waals surface area contributed by atoms with E-state index in [0.29, 0.717) is 41.3 Å². The summed E-state index contributed by atoms with van der Waals surface area (Å²) in [6, 6.07) is 8.69. The first kappa shape index (κ1) is 61.0. The predicted octanol–water partition coefficient (Wildman–Crippen LogP) is 6.92. The summed E-state index contributed by atoms with van der Waals surface area (Å²) >= 11 is 19.7. The molecule has 0 fully saturated rings. The van der Waals surface area contributed by atoms with E-state index in [-0.39, 0.29) is 50.0 Å². The number of anilines is 3. The lowest BCUT2D eigenvalue weighted by atomic mass is 10.0. The van der Waals surface area contributed by atoms with Gasteiger partial charge in [0, 0.05) is 37.2 Å². The van der Waals surface area contributed by atoms with E-state index in [2.05, 4.69) is 53.6 Å². The Morgan fingerprint density at radius 3 is 2.29 bits per heavy atom. The minimum Gasteiger partial charge on any atom is -0.480 e. The predicted molar refractivity (Wildman–Crippen MR) is 270 cm³/mol. The molecule has 0 saturated carbocycles. The topological polar surface area (TPSA) is 265 Å². The fourth-order valence-electron chi connectivity index (χ4n) is 6.04. The maximum atomic E-state index is 14.3. The van der Waals surface area contributed by atoms with E-state index in [0.717, 1.165) is 71.8 Å². The number of carboxylic acid groups (broad SMARTS) is 1. The second kappa shape index (κ2) is 29.9. The maximum absolute atomic E-state index is 14.3. The standard InChI is InChI=1S/C15H15ClFN3O3S2.C15H22ClNO2.C9H16ClN5.C3H8NO5P/c1-23-13(21)8-24-12-7-11(10(17)6-9(12)16)18-14-19-4-2-3-5-20(19)15(22)25-14;1-5-13-8-6-7-11(2)15(13)17(14(18)9-16)12(3)10-19-4;1-5-11-7-12-6(10)13-8(14-7)15-9(2,3)4;5-3(6)1-4-2-10(7,8)9/h6-7H,2-5,8H2,1H3;6-8,12H,5,9-10H2,1-4H3;5H2,1-4H3,(H2,11,12,13,14,15);4H,1-2H2,(H,5,6)(H2,7,8,9)/b18-14-;;;. The number of methoxy groups -OCH3 is 2. The summed E-state index contributed by atoms with van der Waals surface area (Å²) in [7, 11) is -1.16. The third-order valence-electron chi connectivity index (χ3n) is 8.88. The highest BCUT2D eigenvalue weighted by atomic mass is 35.5. The molecule has 1 aliphatic rings. The van der Waals surface area contributed by atoms with Gasteiger partial charge in [-0.25, -0.2) is 14.1 Å². The van der Waals surface area contributed by atoms with Crippen LogP contribution in [0.3, 0.4) is 0 Å². The number of carbonyl (C=O) groups is 3. The van der Waals surface area contributed by atoms with E-state index >= 15 is 0 Å². The number of alkyl halides is 1. The Hall–Kier alpha value is -4.16. The molecular formula is C42H61Cl3FN10O10PS2. The van der Waals surface area contributed by atoms with Gasteiger partial charge in [-0.2, -0.15) is 15.0 Å². The third-order valence-corrected chi connectivity index (χ3v) is 12.2. The molecular weight excluding hydrogens is 1020 g/mol. The summed E-state index contributed by atoms with van der Waals surface area (Å²) in [5, 5.41) is 16.6. The number of carbonyl (C=O) groups excluding carboxylic acids is 2. The summed E-state index contributed by atoms with van der Waals surface area (Å²) in [4.78, 5) is 80.7. The van der Waals surface area contributed by atoms with Crippen molar-refractivity contribution in [2.75, 3.05) is 67.4 Å². The Morgan fingerprint density at radius 1 is 1.07 bits per heavy atom. The van der Waals surface area contributed by atoms with Crippen molar-refractivity contribution in [3.05, 3.63) is 72.1 Å². The zero-order valence-electron chi connectivity index (χ0n) is 39.8. The number of aliphatic carboxylic acids is 1. The number of fused-ring (bicyclic) bond motifs is 1. The van der Waals surface area contributed by atoms with Crippen molar-refractivity contribution in [2.45, 2.75) is 97.3 Å². The first-order chi connectivity index (χ1) is 32.4. The first-order valence-electron chi connectivity index (χ1n) is 21.3. The van der Waals surface area contributed by atoms with Gasteiger partial charge in [0.15, 0.2) is 0 Å². The summed E-state index contributed by atoms with van der Waals surface area (Å²) in [5.74, 6) is -1.20. The van der Waals surface area contributed by atoms with Crippen molar-refractivity contribution in [2.24, 2.45) is 4.99 Å². The highest BCUT2D eigenvalue weighted by molar-refractivity contribution is 8.00. The zero-order valence-corrected chi connectivity index (χ0v) is 44.6. The van der Waals surface area contributed by atoms with Crippen LogP contribution < -0.4 is 30.5 Å². The number of hydrogen-bond donors (Lipinski definition) is 6. The second-order valence-electron chi connectivity index (χ2n) is 15.8. The van der Waals surface area contributed by atoms with Crippen LogP contribution in [-0.2, 0) is 47.9 Å². The van der Waals surface area contributed by atoms with Gasteiger partial charge in [-0.05, 0) is 107 Å². The molecule has 3 heterocycles. The minimum absolute atomic E-state index is 0.0223. The lowest BCUT2D eigenvalue weighted by Gasteiger charge is -2.31. The average molecular weight is 1090 g/mol. The van der Waals surface area contributed by atoms with Gasteiger partial charge in [-0.15, -0.1) is 23.4 Å². The van der Waals surface area contributed by atoms with Gasteiger partial charge in [0.2, 0.25) is 27.9 Å². The van der Waals surface area contributed by atoms with Crippen LogP contribution in [0.5, 0.6) is 0 Å². The Balaban J connectivity index is 0.000000332. The molecule has 0 aliphatic carbocycles. The van der Waals surface area contributed by atoms with Crippen molar-refractivity contribution in [3.8, 4) is 0 Å². The number of amides is 1. The van der Waals surface area contributed by atoms with E-state index < -0.39 is 38.2 Å². The molecule has 27 heteroatoms. The number of rotatable bonds is 17. The van der Waals surface area contributed by atoms with Gasteiger partial charge < -0.3 is 39.9 Å². The summed E-state index contributed by atoms with van der Waals surface area (Å²) in [5.41, 5.74) is 3.19. The molecule has 2 aromatic carbocycles. The van der Waals surface area contributed by atoms with Crippen LogP contribution in [0.1, 0.15) is 65.5 Å². The number of aromatic nitrogens is 5. The molecule has 1 atom stereocenters. The zero-order chi connectivity index (χ0) is 52.1. The highest BCUT2D eigenvalue weighted by Gasteiger charge is 2.25. The number of aryl methyl sites for hydroxylation is 2. The number of halogens is 4. The second-order valence-corrected chi connectivity index (χ2v) is 20.3. The van der Waals surface area contributed by atoms with E-state index in [1.54, 1.807) is 21.4 Å². The van der Waals surface area contributed by atoms with Gasteiger partial charge in [0.25, 0.3) is 0 Å². The monoisotopic (exact) mass is 1080 g/mol. The van der Waals surface area contributed by atoms with Crippen LogP contribution >= 0.6 is 65.5 Å². The quantitative estimate of drug-likeness (QED) is 0.0271. The Bertz CT molecular complexity index is 2510. The van der Waals surface area contributed by atoms with Crippen LogP contribution in [0.15, 0.2) is 45.0 Å². The molecule has 0 spiro atoms. The van der Waals surface area contributed by atoms with Crippen molar-refractivity contribution < 1.29 is 47.7 Å². The van der Waals surface area contributed by atoms with Crippen LogP contribution in [0.25, 0.3) is 0 Å². The Kier molecular flexibility index (Phi) is 26.4. The van der Waals surface area contributed by atoms with Gasteiger partial charge in [0.1, 0.15) is 17.4 Å². The SMILES string of the molecule is CCNc1nc(Cl)nc(NC(C)(C)C)n1.CCc1cccc(C)c1N(C(=O)CCl)C(C)COC.COC(=O)CSc1cc(/N=c2\sc(=O)n3n2CCCC3)c(F)cc1Cl.O=C(O)CNCP(=O)(O)O. The van der Waals surface area contributed by atoms with Crippen molar-refractivity contribution in [1.29, 1.82) is 0 Å².